The Kier molecular flexibility index (Phi) is 4.26. The predicted octanol–water partition coefficient (Wildman–Crippen LogP) is 2.98. The van der Waals surface area contributed by atoms with Crippen LogP contribution in [0.2, 0.25) is 0 Å². The Morgan fingerprint density at radius 2 is 2.15 bits per heavy atom. The summed E-state index contributed by atoms with van der Waals surface area (Å²) in [5, 5.41) is 3.15. The van der Waals surface area contributed by atoms with E-state index in [0.717, 1.165) is 43.1 Å². The molecule has 0 bridgehead atoms. The molecule has 4 rings (SSSR count). The zero-order valence-corrected chi connectivity index (χ0v) is 15.5. The third-order valence-electron chi connectivity index (χ3n) is 5.05. The van der Waals surface area contributed by atoms with Crippen molar-refractivity contribution in [1.82, 2.24) is 14.7 Å². The number of ether oxygens (including phenoxy) is 1. The number of nitrogens with one attached hydrogen (secondary N) is 1. The summed E-state index contributed by atoms with van der Waals surface area (Å²) < 4.78 is 7.91. The molecule has 1 saturated carbocycles. The normalized spacial score (nSPS) is 22.4. The first-order chi connectivity index (χ1) is 12.5. The van der Waals surface area contributed by atoms with Crippen molar-refractivity contribution < 1.29 is 9.53 Å². The fourth-order valence-electron chi connectivity index (χ4n) is 3.76. The van der Waals surface area contributed by atoms with Crippen LogP contribution in [0.5, 0.6) is 0 Å². The summed E-state index contributed by atoms with van der Waals surface area (Å²) in [4.78, 5) is 21.7. The van der Waals surface area contributed by atoms with Crippen LogP contribution in [-0.2, 0) is 4.74 Å². The maximum Gasteiger partial charge on any atom is 0.255 e. The smallest absolute Gasteiger partial charge is 0.255 e. The molecule has 136 valence electrons. The van der Waals surface area contributed by atoms with Gasteiger partial charge in [0.2, 0.25) is 5.90 Å². The topological polar surface area (TPSA) is 68.0 Å². The second-order valence-corrected chi connectivity index (χ2v) is 7.33. The van der Waals surface area contributed by atoms with E-state index in [9.17, 15) is 4.79 Å². The van der Waals surface area contributed by atoms with Gasteiger partial charge in [0, 0.05) is 36.1 Å². The van der Waals surface area contributed by atoms with Gasteiger partial charge in [-0.2, -0.15) is 0 Å². The van der Waals surface area contributed by atoms with E-state index in [-0.39, 0.29) is 18.1 Å². The third kappa shape index (κ3) is 3.23. The van der Waals surface area contributed by atoms with Crippen molar-refractivity contribution >= 4 is 17.5 Å². The molecule has 6 nitrogen and oxygen atoms in total. The van der Waals surface area contributed by atoms with E-state index in [1.165, 1.54) is 5.57 Å². The van der Waals surface area contributed by atoms with Crippen molar-refractivity contribution in [2.24, 2.45) is 4.99 Å². The highest BCUT2D eigenvalue weighted by atomic mass is 16.5. The minimum atomic E-state index is -0.0652. The number of hydrogen-bond donors (Lipinski definition) is 1. The second kappa shape index (κ2) is 6.59. The van der Waals surface area contributed by atoms with Gasteiger partial charge in [-0.3, -0.25) is 4.79 Å². The summed E-state index contributed by atoms with van der Waals surface area (Å²) in [6.45, 7) is 6.75. The molecular weight excluding hydrogens is 328 g/mol. The summed E-state index contributed by atoms with van der Waals surface area (Å²) in [6.07, 6.45) is 6.69. The van der Waals surface area contributed by atoms with Gasteiger partial charge in [0.15, 0.2) is 0 Å². The van der Waals surface area contributed by atoms with Gasteiger partial charge in [0.25, 0.3) is 5.91 Å². The summed E-state index contributed by atoms with van der Waals surface area (Å²) in [6, 6.07) is 3.98. The SMILES string of the molecule is CC1=CC(OC2CCC(NC(=O)c3ccn4c(C)cc(C)nc34)C2)=NC1. The van der Waals surface area contributed by atoms with E-state index >= 15 is 0 Å². The molecular formula is C20H24N4O2. The molecule has 1 amide bonds. The average Bonchev–Trinajstić information content (AvgIpc) is 3.28. The van der Waals surface area contributed by atoms with E-state index in [1.54, 1.807) is 0 Å². The summed E-state index contributed by atoms with van der Waals surface area (Å²) >= 11 is 0. The second-order valence-electron chi connectivity index (χ2n) is 7.33. The van der Waals surface area contributed by atoms with Crippen molar-refractivity contribution in [1.29, 1.82) is 0 Å². The third-order valence-corrected chi connectivity index (χ3v) is 5.05. The number of amides is 1. The Bertz CT molecular complexity index is 925. The highest BCUT2D eigenvalue weighted by Gasteiger charge is 2.29. The fourth-order valence-corrected chi connectivity index (χ4v) is 3.76. The molecule has 2 aromatic rings. The largest absolute Gasteiger partial charge is 0.475 e. The van der Waals surface area contributed by atoms with Gasteiger partial charge < -0.3 is 14.5 Å². The van der Waals surface area contributed by atoms with Crippen LogP contribution < -0.4 is 5.32 Å². The lowest BCUT2D eigenvalue weighted by molar-refractivity contribution is 0.0936. The van der Waals surface area contributed by atoms with Gasteiger partial charge in [0.05, 0.1) is 12.1 Å². The molecule has 1 aliphatic heterocycles. The maximum atomic E-state index is 12.8. The van der Waals surface area contributed by atoms with E-state index in [0.29, 0.717) is 11.2 Å². The first-order valence-electron chi connectivity index (χ1n) is 9.14. The van der Waals surface area contributed by atoms with Crippen molar-refractivity contribution in [3.05, 3.63) is 46.9 Å². The van der Waals surface area contributed by atoms with Crippen molar-refractivity contribution in [2.45, 2.75) is 52.2 Å². The number of aliphatic imine (C=N–C) groups is 1. The lowest BCUT2D eigenvalue weighted by Crippen LogP contribution is -2.33. The summed E-state index contributed by atoms with van der Waals surface area (Å²) in [5.74, 6) is 0.664. The Morgan fingerprint density at radius 3 is 2.92 bits per heavy atom. The first-order valence-corrected chi connectivity index (χ1v) is 9.14. The summed E-state index contributed by atoms with van der Waals surface area (Å²) in [7, 11) is 0. The summed E-state index contributed by atoms with van der Waals surface area (Å²) in [5.41, 5.74) is 4.55. The number of aryl methyl sites for hydroxylation is 2. The number of carbonyl (C=O) groups is 1. The molecule has 1 N–H and O–H groups in total. The van der Waals surface area contributed by atoms with Crippen LogP contribution in [0.15, 0.2) is 35.0 Å². The van der Waals surface area contributed by atoms with Gasteiger partial charge in [-0.25, -0.2) is 9.98 Å². The standard InChI is InChI=1S/C20H24N4O2/c1-12-8-18(21-11-12)26-16-5-4-15(10-16)23-20(25)17-6-7-24-14(3)9-13(2)22-19(17)24/h6-9,15-16H,4-5,10-11H2,1-3H3,(H,23,25). The Morgan fingerprint density at radius 1 is 1.31 bits per heavy atom. The van der Waals surface area contributed by atoms with Crippen LogP contribution in [0.25, 0.3) is 5.65 Å². The highest BCUT2D eigenvalue weighted by molar-refractivity contribution is 6.00. The molecule has 0 radical (unpaired) electrons. The van der Waals surface area contributed by atoms with Crippen molar-refractivity contribution in [3.63, 3.8) is 0 Å². The monoisotopic (exact) mass is 352 g/mol. The van der Waals surface area contributed by atoms with Gasteiger partial charge >= 0.3 is 0 Å². The molecule has 3 heterocycles. The van der Waals surface area contributed by atoms with Gasteiger partial charge in [-0.1, -0.05) is 0 Å². The van der Waals surface area contributed by atoms with Crippen LogP contribution in [0.3, 0.4) is 0 Å². The molecule has 0 saturated heterocycles. The number of hydrogen-bond acceptors (Lipinski definition) is 4. The Labute approximate surface area is 153 Å². The lowest BCUT2D eigenvalue weighted by atomic mass is 10.2. The van der Waals surface area contributed by atoms with Crippen LogP contribution in [0.4, 0.5) is 0 Å². The zero-order valence-electron chi connectivity index (χ0n) is 15.5. The molecule has 1 aliphatic carbocycles. The van der Waals surface area contributed by atoms with Crippen LogP contribution >= 0.6 is 0 Å². The molecule has 2 aromatic heterocycles. The molecule has 26 heavy (non-hydrogen) atoms. The number of rotatable bonds is 3. The Balaban J connectivity index is 1.41. The van der Waals surface area contributed by atoms with E-state index in [1.807, 2.05) is 42.7 Å². The van der Waals surface area contributed by atoms with Crippen molar-refractivity contribution in [2.75, 3.05) is 6.54 Å². The van der Waals surface area contributed by atoms with Gasteiger partial charge in [-0.05, 0) is 51.3 Å². The fraction of sp³-hybridized carbons (Fsp3) is 0.450. The van der Waals surface area contributed by atoms with Gasteiger partial charge in [0.1, 0.15) is 11.8 Å². The first kappa shape index (κ1) is 16.8. The maximum absolute atomic E-state index is 12.8. The number of carbonyl (C=O) groups excluding carboxylic acids is 1. The number of nitrogens with zero attached hydrogens (tertiary/aromatic N) is 3. The van der Waals surface area contributed by atoms with E-state index < -0.39 is 0 Å². The van der Waals surface area contributed by atoms with E-state index in [2.05, 4.69) is 22.2 Å². The minimum absolute atomic E-state index is 0.0652. The van der Waals surface area contributed by atoms with Crippen molar-refractivity contribution in [3.8, 4) is 0 Å². The lowest BCUT2D eigenvalue weighted by Gasteiger charge is -2.14. The van der Waals surface area contributed by atoms with Crippen LogP contribution in [0, 0.1) is 13.8 Å². The molecule has 0 spiro atoms. The molecule has 6 heteroatoms. The average molecular weight is 352 g/mol. The molecule has 2 aliphatic rings. The number of fused-ring (bicyclic) bond motifs is 1. The molecule has 2 unspecified atom stereocenters. The number of aromatic nitrogens is 2. The minimum Gasteiger partial charge on any atom is -0.475 e. The van der Waals surface area contributed by atoms with Crippen LogP contribution in [0.1, 0.15) is 47.9 Å². The van der Waals surface area contributed by atoms with E-state index in [4.69, 9.17) is 4.74 Å². The highest BCUT2D eigenvalue weighted by Crippen LogP contribution is 2.24. The molecule has 1 fully saturated rings. The van der Waals surface area contributed by atoms with Crippen LogP contribution in [-0.4, -0.2) is 39.9 Å². The molecule has 2 atom stereocenters. The predicted molar refractivity (Wildman–Crippen MR) is 101 cm³/mol. The Hall–Kier alpha value is -2.63. The van der Waals surface area contributed by atoms with Gasteiger partial charge in [-0.15, -0.1) is 0 Å². The zero-order chi connectivity index (χ0) is 18.3. The quantitative estimate of drug-likeness (QED) is 0.923. The molecule has 0 aromatic carbocycles.